The summed E-state index contributed by atoms with van der Waals surface area (Å²) in [6.07, 6.45) is 0. The Labute approximate surface area is 78.4 Å². The Morgan fingerprint density at radius 1 is 1.54 bits per heavy atom. The molecule has 2 heterocycles. The Hall–Kier alpha value is -1.36. The third kappa shape index (κ3) is 1.31. The second-order valence-electron chi connectivity index (χ2n) is 2.81. The van der Waals surface area contributed by atoms with Crippen LogP contribution in [0.2, 0.25) is 0 Å². The number of rotatable bonds is 1. The number of fused-ring (bicyclic) bond motifs is 1. The van der Waals surface area contributed by atoms with E-state index in [0.717, 1.165) is 0 Å². The predicted octanol–water partition coefficient (Wildman–Crippen LogP) is 1.32. The normalized spacial score (nSPS) is 10.6. The zero-order chi connectivity index (χ0) is 9.42. The second kappa shape index (κ2) is 2.85. The van der Waals surface area contributed by atoms with Crippen LogP contribution in [-0.2, 0) is 0 Å². The van der Waals surface area contributed by atoms with Crippen LogP contribution >= 0.6 is 11.3 Å². The van der Waals surface area contributed by atoms with Crippen LogP contribution in [0.4, 0.5) is 6.01 Å². The molecule has 0 unspecified atom stereocenters. The number of aromatic nitrogens is 1. The third-order valence-corrected chi connectivity index (χ3v) is 2.50. The number of anilines is 1. The van der Waals surface area contributed by atoms with E-state index >= 15 is 0 Å². The molecule has 0 fully saturated rings. The first-order valence-corrected chi connectivity index (χ1v) is 4.62. The van der Waals surface area contributed by atoms with Crippen LogP contribution in [0.5, 0.6) is 0 Å². The quantitative estimate of drug-likeness (QED) is 0.690. The van der Waals surface area contributed by atoms with Crippen LogP contribution in [0, 0.1) is 0 Å². The topological polar surface area (TPSA) is 46.3 Å². The van der Waals surface area contributed by atoms with Gasteiger partial charge < -0.3 is 9.32 Å². The fourth-order valence-electron chi connectivity index (χ4n) is 0.990. The summed E-state index contributed by atoms with van der Waals surface area (Å²) >= 11 is 1.35. The van der Waals surface area contributed by atoms with Gasteiger partial charge in [0.1, 0.15) is 4.70 Å². The number of thiophene rings is 1. The third-order valence-electron chi connectivity index (χ3n) is 1.61. The Morgan fingerprint density at radius 2 is 2.31 bits per heavy atom. The highest BCUT2D eigenvalue weighted by Crippen LogP contribution is 2.17. The van der Waals surface area contributed by atoms with Gasteiger partial charge >= 0.3 is 5.63 Å². The SMILES string of the molecule is CN(C)c1nc2ccsc2c(=O)o1. The summed E-state index contributed by atoms with van der Waals surface area (Å²) in [5.41, 5.74) is 0.383. The van der Waals surface area contributed by atoms with Crippen molar-refractivity contribution >= 4 is 27.6 Å². The van der Waals surface area contributed by atoms with Gasteiger partial charge in [-0.25, -0.2) is 4.79 Å². The minimum Gasteiger partial charge on any atom is -0.388 e. The average Bonchev–Trinajstić information content (AvgIpc) is 2.51. The van der Waals surface area contributed by atoms with Gasteiger partial charge in [0.15, 0.2) is 0 Å². The lowest BCUT2D eigenvalue weighted by Crippen LogP contribution is -2.13. The van der Waals surface area contributed by atoms with Gasteiger partial charge in [-0.15, -0.1) is 11.3 Å². The predicted molar refractivity (Wildman–Crippen MR) is 52.5 cm³/mol. The van der Waals surface area contributed by atoms with Crippen molar-refractivity contribution in [3.63, 3.8) is 0 Å². The molecular weight excluding hydrogens is 188 g/mol. The van der Waals surface area contributed by atoms with E-state index < -0.39 is 0 Å². The number of nitrogens with zero attached hydrogens (tertiary/aromatic N) is 2. The molecule has 0 aliphatic carbocycles. The monoisotopic (exact) mass is 196 g/mol. The minimum atomic E-state index is -0.316. The Bertz CT molecular complexity index is 486. The van der Waals surface area contributed by atoms with Gasteiger partial charge in [-0.3, -0.25) is 0 Å². The van der Waals surface area contributed by atoms with Gasteiger partial charge in [-0.05, 0) is 11.4 Å². The summed E-state index contributed by atoms with van der Waals surface area (Å²) in [6.45, 7) is 0. The highest BCUT2D eigenvalue weighted by atomic mass is 32.1. The molecule has 0 atom stereocenters. The van der Waals surface area contributed by atoms with Crippen LogP contribution in [0.1, 0.15) is 0 Å². The molecule has 13 heavy (non-hydrogen) atoms. The second-order valence-corrected chi connectivity index (χ2v) is 3.73. The molecule has 0 amide bonds. The number of hydrogen-bond donors (Lipinski definition) is 0. The molecule has 0 aromatic carbocycles. The van der Waals surface area contributed by atoms with Crippen LogP contribution in [0.3, 0.4) is 0 Å². The van der Waals surface area contributed by atoms with E-state index in [9.17, 15) is 4.79 Å². The molecule has 0 saturated carbocycles. The Morgan fingerprint density at radius 3 is 3.00 bits per heavy atom. The lowest BCUT2D eigenvalue weighted by Gasteiger charge is -2.07. The van der Waals surface area contributed by atoms with Crippen LogP contribution < -0.4 is 10.5 Å². The molecule has 2 aromatic rings. The molecule has 0 N–H and O–H groups in total. The van der Waals surface area contributed by atoms with Gasteiger partial charge in [0.2, 0.25) is 0 Å². The molecule has 5 heteroatoms. The molecule has 0 bridgehead atoms. The largest absolute Gasteiger partial charge is 0.388 e. The fraction of sp³-hybridized carbons (Fsp3) is 0.250. The molecule has 0 saturated heterocycles. The van der Waals surface area contributed by atoms with Crippen molar-refractivity contribution in [2.24, 2.45) is 0 Å². The van der Waals surface area contributed by atoms with Crippen molar-refractivity contribution in [1.82, 2.24) is 4.98 Å². The van der Waals surface area contributed by atoms with Crippen molar-refractivity contribution in [3.8, 4) is 0 Å². The smallest absolute Gasteiger partial charge is 0.358 e. The van der Waals surface area contributed by atoms with Crippen LogP contribution in [0.25, 0.3) is 10.2 Å². The standard InChI is InChI=1S/C8H8N2O2S/c1-10(2)8-9-5-3-4-13-6(5)7(11)12-8/h3-4H,1-2H3. The first-order valence-electron chi connectivity index (χ1n) is 3.74. The van der Waals surface area contributed by atoms with Gasteiger partial charge in [0, 0.05) is 14.1 Å². The van der Waals surface area contributed by atoms with E-state index in [4.69, 9.17) is 4.42 Å². The lowest BCUT2D eigenvalue weighted by atomic mass is 10.5. The summed E-state index contributed by atoms with van der Waals surface area (Å²) in [5.74, 6) is 0. The van der Waals surface area contributed by atoms with E-state index in [1.165, 1.54) is 11.3 Å². The van der Waals surface area contributed by atoms with Crippen molar-refractivity contribution in [2.45, 2.75) is 0 Å². The average molecular weight is 196 g/mol. The molecule has 2 rings (SSSR count). The van der Waals surface area contributed by atoms with Crippen LogP contribution in [0.15, 0.2) is 20.7 Å². The maximum atomic E-state index is 11.3. The maximum absolute atomic E-state index is 11.3. The molecule has 0 aliphatic heterocycles. The molecule has 0 radical (unpaired) electrons. The highest BCUT2D eigenvalue weighted by Gasteiger charge is 2.07. The first kappa shape index (κ1) is 8.25. The van der Waals surface area contributed by atoms with Crippen LogP contribution in [-0.4, -0.2) is 19.1 Å². The van der Waals surface area contributed by atoms with Gasteiger partial charge in [-0.2, -0.15) is 4.98 Å². The lowest BCUT2D eigenvalue weighted by molar-refractivity contribution is 0.504. The fourth-order valence-corrected chi connectivity index (χ4v) is 1.70. The van der Waals surface area contributed by atoms with Crippen molar-refractivity contribution in [1.29, 1.82) is 0 Å². The Kier molecular flexibility index (Phi) is 1.81. The minimum absolute atomic E-state index is 0.316. The van der Waals surface area contributed by atoms with Crippen molar-refractivity contribution < 1.29 is 4.42 Å². The summed E-state index contributed by atoms with van der Waals surface area (Å²) in [4.78, 5) is 17.2. The molecule has 4 nitrogen and oxygen atoms in total. The van der Waals surface area contributed by atoms with Gasteiger partial charge in [-0.1, -0.05) is 0 Å². The summed E-state index contributed by atoms with van der Waals surface area (Å²) in [7, 11) is 3.56. The zero-order valence-corrected chi connectivity index (χ0v) is 8.09. The first-order chi connectivity index (χ1) is 6.18. The molecule has 2 aromatic heterocycles. The molecule has 0 spiro atoms. The zero-order valence-electron chi connectivity index (χ0n) is 7.27. The Balaban J connectivity index is 2.77. The summed E-state index contributed by atoms with van der Waals surface area (Å²) in [6, 6.07) is 2.15. The van der Waals surface area contributed by atoms with Gasteiger partial charge in [0.25, 0.3) is 6.01 Å². The van der Waals surface area contributed by atoms with E-state index in [1.54, 1.807) is 19.0 Å². The highest BCUT2D eigenvalue weighted by molar-refractivity contribution is 7.17. The summed E-state index contributed by atoms with van der Waals surface area (Å²) < 4.78 is 5.55. The van der Waals surface area contributed by atoms with Crippen molar-refractivity contribution in [2.75, 3.05) is 19.0 Å². The number of hydrogen-bond acceptors (Lipinski definition) is 5. The van der Waals surface area contributed by atoms with E-state index in [-0.39, 0.29) is 5.63 Å². The summed E-state index contributed by atoms with van der Waals surface area (Å²) in [5, 5.41) is 1.83. The molecule has 0 aliphatic rings. The van der Waals surface area contributed by atoms with Crippen molar-refractivity contribution in [3.05, 3.63) is 21.9 Å². The van der Waals surface area contributed by atoms with Gasteiger partial charge in [0.05, 0.1) is 5.52 Å². The van der Waals surface area contributed by atoms with E-state index in [0.29, 0.717) is 16.2 Å². The molecule has 68 valence electrons. The van der Waals surface area contributed by atoms with E-state index in [1.807, 2.05) is 11.4 Å². The molecular formula is C8H8N2O2S. The maximum Gasteiger partial charge on any atom is 0.358 e. The van der Waals surface area contributed by atoms with E-state index in [2.05, 4.69) is 4.98 Å².